The minimum absolute atomic E-state index is 0.165. The van der Waals surface area contributed by atoms with Gasteiger partial charge in [-0.15, -0.1) is 0 Å². The van der Waals surface area contributed by atoms with E-state index < -0.39 is 23.5 Å². The molecule has 1 N–H and O–H groups in total. The molecule has 0 fully saturated rings. The molecule has 8 heteroatoms. The summed E-state index contributed by atoms with van der Waals surface area (Å²) in [6.45, 7) is 0. The van der Waals surface area contributed by atoms with Crippen LogP contribution in [-0.4, -0.2) is 20.5 Å². The highest BCUT2D eigenvalue weighted by molar-refractivity contribution is 6.30. The molecule has 0 unspecified atom stereocenters. The summed E-state index contributed by atoms with van der Waals surface area (Å²) in [6.07, 6.45) is -3.70. The van der Waals surface area contributed by atoms with E-state index >= 15 is 0 Å². The topological polar surface area (TPSA) is 54.6 Å². The highest BCUT2D eigenvalue weighted by Crippen LogP contribution is 2.32. The lowest BCUT2D eigenvalue weighted by Gasteiger charge is -2.03. The van der Waals surface area contributed by atoms with Gasteiger partial charge in [-0.1, -0.05) is 11.6 Å². The molecule has 2 aromatic heterocycles. The fourth-order valence-corrected chi connectivity index (χ4v) is 1.58. The Morgan fingerprint density at radius 2 is 2.12 bits per heavy atom. The van der Waals surface area contributed by atoms with Gasteiger partial charge in [0.05, 0.1) is 0 Å². The summed E-state index contributed by atoms with van der Waals surface area (Å²) in [5.74, 6) is -1.70. The van der Waals surface area contributed by atoms with Gasteiger partial charge in [0.25, 0.3) is 0 Å². The molecule has 0 radical (unpaired) electrons. The normalized spacial score (nSPS) is 12.0. The fraction of sp³-hybridized carbons (Fsp3) is 0.111. The van der Waals surface area contributed by atoms with E-state index in [0.29, 0.717) is 0 Å². The Labute approximate surface area is 97.3 Å². The van der Waals surface area contributed by atoms with Crippen LogP contribution >= 0.6 is 11.6 Å². The van der Waals surface area contributed by atoms with E-state index in [1.165, 1.54) is 6.07 Å². The van der Waals surface area contributed by atoms with Crippen LogP contribution in [0.4, 0.5) is 13.2 Å². The maximum Gasteiger partial charge on any atom is 0.435 e. The van der Waals surface area contributed by atoms with E-state index in [9.17, 15) is 18.0 Å². The predicted molar refractivity (Wildman–Crippen MR) is 52.2 cm³/mol. The van der Waals surface area contributed by atoms with Gasteiger partial charge in [-0.05, 0) is 6.07 Å². The number of hydrogen-bond donors (Lipinski definition) is 1. The third kappa shape index (κ3) is 1.93. The van der Waals surface area contributed by atoms with Crippen LogP contribution in [0.15, 0.2) is 18.3 Å². The summed E-state index contributed by atoms with van der Waals surface area (Å²) in [5.41, 5.74) is -2.53. The van der Waals surface area contributed by atoms with Gasteiger partial charge in [0.1, 0.15) is 5.65 Å². The lowest BCUT2D eigenvalue weighted by molar-refractivity contribution is -0.141. The first-order valence-electron chi connectivity index (χ1n) is 4.29. The smallest absolute Gasteiger partial charge is 0.435 e. The molecule has 2 aromatic rings. The number of aromatic nitrogens is 2. The third-order valence-electron chi connectivity index (χ3n) is 2.06. The number of fused-ring (bicyclic) bond motifs is 1. The minimum Gasteiger partial charge on any atom is -0.476 e. The summed E-state index contributed by atoms with van der Waals surface area (Å²) >= 11 is 5.59. The van der Waals surface area contributed by atoms with Crippen molar-refractivity contribution in [1.82, 2.24) is 9.38 Å². The lowest BCUT2D eigenvalue weighted by atomic mass is 10.3. The van der Waals surface area contributed by atoms with E-state index in [1.807, 2.05) is 0 Å². The molecule has 0 saturated carbocycles. The van der Waals surface area contributed by atoms with Crippen LogP contribution in [0, 0.1) is 0 Å². The number of aromatic carboxylic acids is 1. The van der Waals surface area contributed by atoms with Crippen LogP contribution in [0.2, 0.25) is 5.02 Å². The largest absolute Gasteiger partial charge is 0.476 e. The average Bonchev–Trinajstić information content (AvgIpc) is 2.55. The fourth-order valence-electron chi connectivity index (χ4n) is 1.42. The molecule has 0 spiro atoms. The second-order valence-corrected chi connectivity index (χ2v) is 3.62. The molecule has 0 atom stereocenters. The summed E-state index contributed by atoms with van der Waals surface area (Å²) in [4.78, 5) is 14.1. The first-order valence-corrected chi connectivity index (χ1v) is 4.66. The summed E-state index contributed by atoms with van der Waals surface area (Å²) in [6, 6.07) is 2.44. The summed E-state index contributed by atoms with van der Waals surface area (Å²) in [5, 5.41) is 8.97. The molecular weight excluding hydrogens is 261 g/mol. The van der Waals surface area contributed by atoms with Crippen molar-refractivity contribution in [2.75, 3.05) is 0 Å². The third-order valence-corrected chi connectivity index (χ3v) is 2.29. The first kappa shape index (κ1) is 11.7. The van der Waals surface area contributed by atoms with Gasteiger partial charge in [-0.2, -0.15) is 13.2 Å². The van der Waals surface area contributed by atoms with E-state index in [2.05, 4.69) is 4.98 Å². The van der Waals surface area contributed by atoms with Gasteiger partial charge < -0.3 is 5.11 Å². The average molecular weight is 265 g/mol. The molecule has 0 aliphatic rings. The Morgan fingerprint density at radius 3 is 2.65 bits per heavy atom. The van der Waals surface area contributed by atoms with Crippen molar-refractivity contribution in [3.05, 3.63) is 34.7 Å². The van der Waals surface area contributed by atoms with Crippen LogP contribution in [-0.2, 0) is 6.18 Å². The molecule has 2 heterocycles. The van der Waals surface area contributed by atoms with Crippen LogP contribution in [0.3, 0.4) is 0 Å². The molecule has 0 aliphatic carbocycles. The standard InChI is InChI=1S/C9H4ClF3N2O2/c10-4-1-2-15-5(3-4)14-7(9(11,12)13)6(15)8(16)17/h1-3H,(H,16,17). The van der Waals surface area contributed by atoms with Gasteiger partial charge in [0.15, 0.2) is 11.4 Å². The Kier molecular flexibility index (Phi) is 2.50. The number of nitrogens with zero attached hydrogens (tertiary/aromatic N) is 2. The maximum atomic E-state index is 12.6. The first-order chi connectivity index (χ1) is 7.80. The number of halogens is 4. The molecule has 0 saturated heterocycles. The second kappa shape index (κ2) is 3.63. The van der Waals surface area contributed by atoms with Gasteiger partial charge >= 0.3 is 12.1 Å². The van der Waals surface area contributed by atoms with E-state index in [0.717, 1.165) is 16.7 Å². The maximum absolute atomic E-state index is 12.6. The van der Waals surface area contributed by atoms with E-state index in [1.54, 1.807) is 0 Å². The van der Waals surface area contributed by atoms with Crippen molar-refractivity contribution < 1.29 is 23.1 Å². The van der Waals surface area contributed by atoms with E-state index in [4.69, 9.17) is 16.7 Å². The quantitative estimate of drug-likeness (QED) is 0.861. The Balaban J connectivity index is 2.84. The van der Waals surface area contributed by atoms with Gasteiger partial charge in [-0.3, -0.25) is 4.40 Å². The van der Waals surface area contributed by atoms with Gasteiger partial charge in [0, 0.05) is 17.3 Å². The Morgan fingerprint density at radius 1 is 1.47 bits per heavy atom. The molecule has 17 heavy (non-hydrogen) atoms. The minimum atomic E-state index is -4.83. The number of imidazole rings is 1. The molecule has 2 rings (SSSR count). The SMILES string of the molecule is O=C(O)c1c(C(F)(F)F)nc2cc(Cl)ccn12. The molecule has 0 aliphatic heterocycles. The van der Waals surface area contributed by atoms with Crippen molar-refractivity contribution in [1.29, 1.82) is 0 Å². The lowest BCUT2D eigenvalue weighted by Crippen LogP contribution is -2.13. The molecule has 0 amide bonds. The number of carbonyl (C=O) groups is 1. The number of carboxylic acid groups (broad SMARTS) is 1. The summed E-state index contributed by atoms with van der Waals surface area (Å²) in [7, 11) is 0. The monoisotopic (exact) mass is 264 g/mol. The zero-order chi connectivity index (χ0) is 12.8. The highest BCUT2D eigenvalue weighted by Gasteiger charge is 2.40. The highest BCUT2D eigenvalue weighted by atomic mass is 35.5. The molecule has 0 bridgehead atoms. The Bertz CT molecular complexity index is 606. The van der Waals surface area contributed by atoms with Crippen LogP contribution in [0.1, 0.15) is 16.2 Å². The van der Waals surface area contributed by atoms with Crippen molar-refractivity contribution in [3.8, 4) is 0 Å². The van der Waals surface area contributed by atoms with Crippen molar-refractivity contribution in [3.63, 3.8) is 0 Å². The van der Waals surface area contributed by atoms with Crippen LogP contribution < -0.4 is 0 Å². The van der Waals surface area contributed by atoms with Crippen molar-refractivity contribution >= 4 is 23.2 Å². The number of rotatable bonds is 1. The van der Waals surface area contributed by atoms with Gasteiger partial charge in [-0.25, -0.2) is 9.78 Å². The zero-order valence-corrected chi connectivity index (χ0v) is 8.75. The van der Waals surface area contributed by atoms with Crippen LogP contribution in [0.5, 0.6) is 0 Å². The second-order valence-electron chi connectivity index (χ2n) is 3.19. The van der Waals surface area contributed by atoms with Crippen LogP contribution in [0.25, 0.3) is 5.65 Å². The zero-order valence-electron chi connectivity index (χ0n) is 7.99. The molecular formula is C9H4ClF3N2O2. The molecule has 0 aromatic carbocycles. The number of pyridine rings is 1. The van der Waals surface area contributed by atoms with Crippen molar-refractivity contribution in [2.45, 2.75) is 6.18 Å². The van der Waals surface area contributed by atoms with Crippen molar-refractivity contribution in [2.24, 2.45) is 0 Å². The number of alkyl halides is 3. The predicted octanol–water partition coefficient (Wildman–Crippen LogP) is 2.70. The van der Waals surface area contributed by atoms with E-state index in [-0.39, 0.29) is 10.7 Å². The van der Waals surface area contributed by atoms with Gasteiger partial charge in [0.2, 0.25) is 0 Å². The Hall–Kier alpha value is -1.76. The molecule has 4 nitrogen and oxygen atoms in total. The summed E-state index contributed by atoms with van der Waals surface area (Å²) < 4.78 is 38.6. The molecule has 90 valence electrons. The number of carboxylic acids is 1. The number of hydrogen-bond acceptors (Lipinski definition) is 2.